The van der Waals surface area contributed by atoms with Gasteiger partial charge in [-0.15, -0.1) is 0 Å². The zero-order valence-electron chi connectivity index (χ0n) is 18.0. The molecule has 0 spiro atoms. The van der Waals surface area contributed by atoms with Crippen molar-refractivity contribution in [3.05, 3.63) is 35.4 Å². The summed E-state index contributed by atoms with van der Waals surface area (Å²) in [6.07, 6.45) is 1.68. The molecular formula is C23H30F3N3O3. The van der Waals surface area contributed by atoms with Crippen LogP contribution in [0.5, 0.6) is 0 Å². The fourth-order valence-corrected chi connectivity index (χ4v) is 5.57. The number of piperidine rings is 1. The van der Waals surface area contributed by atoms with Gasteiger partial charge in [0.2, 0.25) is 5.91 Å². The number of amides is 2. The molecule has 4 rings (SSSR count). The van der Waals surface area contributed by atoms with E-state index in [1.54, 1.807) is 0 Å². The fourth-order valence-electron chi connectivity index (χ4n) is 5.57. The van der Waals surface area contributed by atoms with E-state index in [-0.39, 0.29) is 30.2 Å². The number of nitrogens with zero attached hydrogens (tertiary/aromatic N) is 2. The Labute approximate surface area is 185 Å². The van der Waals surface area contributed by atoms with E-state index in [0.717, 1.165) is 63.6 Å². The molecule has 0 radical (unpaired) electrons. The first kappa shape index (κ1) is 23.0. The van der Waals surface area contributed by atoms with Crippen LogP contribution in [0.25, 0.3) is 0 Å². The number of carbonyl (C=O) groups is 2. The smallest absolute Gasteiger partial charge is 0.393 e. The van der Waals surface area contributed by atoms with Gasteiger partial charge in [0.1, 0.15) is 0 Å². The highest BCUT2D eigenvalue weighted by Crippen LogP contribution is 2.35. The van der Waals surface area contributed by atoms with Crippen LogP contribution in [0.15, 0.2) is 24.3 Å². The molecule has 2 N–H and O–H groups in total. The normalized spacial score (nSPS) is 28.9. The van der Waals surface area contributed by atoms with E-state index in [1.807, 2.05) is 4.90 Å². The van der Waals surface area contributed by atoms with Gasteiger partial charge in [0.05, 0.1) is 18.2 Å². The summed E-state index contributed by atoms with van der Waals surface area (Å²) in [6, 6.07) is 5.05. The highest BCUT2D eigenvalue weighted by Gasteiger charge is 2.44. The minimum absolute atomic E-state index is 0.105. The molecule has 32 heavy (non-hydrogen) atoms. The van der Waals surface area contributed by atoms with E-state index in [9.17, 15) is 27.9 Å². The van der Waals surface area contributed by atoms with E-state index >= 15 is 0 Å². The highest BCUT2D eigenvalue weighted by molar-refractivity contribution is 5.96. The lowest BCUT2D eigenvalue weighted by Crippen LogP contribution is -2.55. The first-order chi connectivity index (χ1) is 15.2. The molecule has 0 aromatic heterocycles. The third kappa shape index (κ3) is 4.93. The molecule has 0 unspecified atom stereocenters. The van der Waals surface area contributed by atoms with E-state index in [4.69, 9.17) is 0 Å². The number of rotatable bonds is 4. The average Bonchev–Trinajstić information content (AvgIpc) is 3.22. The van der Waals surface area contributed by atoms with Gasteiger partial charge in [-0.3, -0.25) is 14.5 Å². The lowest BCUT2D eigenvalue weighted by Gasteiger charge is -2.45. The summed E-state index contributed by atoms with van der Waals surface area (Å²) in [6.45, 7) is 1.41. The Bertz CT molecular complexity index is 839. The van der Waals surface area contributed by atoms with E-state index in [2.05, 4.69) is 10.2 Å². The number of halogens is 3. The summed E-state index contributed by atoms with van der Waals surface area (Å²) in [5, 5.41) is 12.3. The van der Waals surface area contributed by atoms with Gasteiger partial charge < -0.3 is 15.3 Å². The summed E-state index contributed by atoms with van der Waals surface area (Å²) >= 11 is 0. The van der Waals surface area contributed by atoms with Crippen LogP contribution in [-0.4, -0.2) is 70.6 Å². The zero-order chi connectivity index (χ0) is 22.9. The molecule has 2 saturated heterocycles. The number of carbonyl (C=O) groups excluding carboxylic acids is 2. The summed E-state index contributed by atoms with van der Waals surface area (Å²) < 4.78 is 38.7. The second-order valence-corrected chi connectivity index (χ2v) is 9.11. The number of likely N-dealkylation sites (tertiary alicyclic amines) is 2. The number of alkyl halides is 3. The monoisotopic (exact) mass is 453 g/mol. The molecular weight excluding hydrogens is 423 g/mol. The first-order valence-corrected chi connectivity index (χ1v) is 11.4. The molecule has 0 bridgehead atoms. The van der Waals surface area contributed by atoms with Crippen molar-refractivity contribution in [2.24, 2.45) is 0 Å². The van der Waals surface area contributed by atoms with Gasteiger partial charge >= 0.3 is 6.18 Å². The van der Waals surface area contributed by atoms with Crippen LogP contribution in [0.3, 0.4) is 0 Å². The second kappa shape index (κ2) is 9.39. The third-order valence-corrected chi connectivity index (χ3v) is 7.16. The van der Waals surface area contributed by atoms with Crippen molar-refractivity contribution in [1.82, 2.24) is 15.1 Å². The Kier molecular flexibility index (Phi) is 6.76. The van der Waals surface area contributed by atoms with E-state index < -0.39 is 17.6 Å². The van der Waals surface area contributed by atoms with Crippen molar-refractivity contribution in [2.75, 3.05) is 19.6 Å². The Morgan fingerprint density at radius 2 is 1.78 bits per heavy atom. The number of benzene rings is 1. The summed E-state index contributed by atoms with van der Waals surface area (Å²) in [5.74, 6) is -0.884. The number of aliphatic hydroxyl groups excluding tert-OH is 1. The standard InChI is InChI=1S/C23H30F3N3O3/c24-23(25,26)16-4-1-3-15(13-16)22(32)27-14-21(31)29-12-10-20-19(29)5-2-11-28(20)17-6-8-18(30)9-7-17/h1,3-4,13,17-20,30H,2,5-12,14H2,(H,27,32)/t17?,18?,19-,20+/m0/s1. The molecule has 3 aliphatic rings. The van der Waals surface area contributed by atoms with Crippen LogP contribution in [0.1, 0.15) is 60.9 Å². The second-order valence-electron chi connectivity index (χ2n) is 9.11. The highest BCUT2D eigenvalue weighted by atomic mass is 19.4. The van der Waals surface area contributed by atoms with Gasteiger partial charge in [-0.1, -0.05) is 6.07 Å². The molecule has 1 aromatic carbocycles. The quantitative estimate of drug-likeness (QED) is 0.736. The fraction of sp³-hybridized carbons (Fsp3) is 0.652. The average molecular weight is 454 g/mol. The van der Waals surface area contributed by atoms with Crippen molar-refractivity contribution in [2.45, 2.75) is 75.4 Å². The van der Waals surface area contributed by atoms with Gasteiger partial charge in [-0.25, -0.2) is 0 Å². The summed E-state index contributed by atoms with van der Waals surface area (Å²) in [7, 11) is 0. The van der Waals surface area contributed by atoms with Crippen molar-refractivity contribution in [1.29, 1.82) is 0 Å². The van der Waals surface area contributed by atoms with Crippen molar-refractivity contribution in [3.63, 3.8) is 0 Å². The molecule has 2 aliphatic heterocycles. The van der Waals surface area contributed by atoms with Crippen LogP contribution < -0.4 is 5.32 Å². The molecule has 2 amide bonds. The number of aliphatic hydroxyl groups is 1. The molecule has 9 heteroatoms. The lowest BCUT2D eigenvalue weighted by molar-refractivity contribution is -0.137. The van der Waals surface area contributed by atoms with Gasteiger partial charge in [0, 0.05) is 30.2 Å². The molecule has 6 nitrogen and oxygen atoms in total. The predicted molar refractivity (Wildman–Crippen MR) is 112 cm³/mol. The Morgan fingerprint density at radius 3 is 2.50 bits per heavy atom. The van der Waals surface area contributed by atoms with Crippen LogP contribution >= 0.6 is 0 Å². The maximum Gasteiger partial charge on any atom is 0.416 e. The van der Waals surface area contributed by atoms with Crippen molar-refractivity contribution >= 4 is 11.8 Å². The largest absolute Gasteiger partial charge is 0.416 e. The minimum Gasteiger partial charge on any atom is -0.393 e. The molecule has 1 saturated carbocycles. The topological polar surface area (TPSA) is 72.9 Å². The molecule has 2 heterocycles. The maximum atomic E-state index is 12.9. The Balaban J connectivity index is 1.34. The van der Waals surface area contributed by atoms with Gasteiger partial charge in [-0.05, 0) is 69.7 Å². The summed E-state index contributed by atoms with van der Waals surface area (Å²) in [5.41, 5.74) is -1.01. The third-order valence-electron chi connectivity index (χ3n) is 7.16. The van der Waals surface area contributed by atoms with Crippen LogP contribution in [0.4, 0.5) is 13.2 Å². The van der Waals surface area contributed by atoms with Crippen LogP contribution in [-0.2, 0) is 11.0 Å². The molecule has 1 aromatic rings. The Morgan fingerprint density at radius 1 is 1.03 bits per heavy atom. The molecule has 176 valence electrons. The lowest BCUT2D eigenvalue weighted by atomic mass is 9.87. The van der Waals surface area contributed by atoms with E-state index in [0.29, 0.717) is 18.6 Å². The maximum absolute atomic E-state index is 12.9. The minimum atomic E-state index is -4.53. The van der Waals surface area contributed by atoms with Gasteiger partial charge in [0.25, 0.3) is 5.91 Å². The Hall–Kier alpha value is -2.13. The van der Waals surface area contributed by atoms with Gasteiger partial charge in [-0.2, -0.15) is 13.2 Å². The molecule has 3 fully saturated rings. The van der Waals surface area contributed by atoms with Crippen LogP contribution in [0, 0.1) is 0 Å². The number of hydrogen-bond donors (Lipinski definition) is 2. The zero-order valence-corrected chi connectivity index (χ0v) is 18.0. The van der Waals surface area contributed by atoms with Crippen molar-refractivity contribution in [3.8, 4) is 0 Å². The first-order valence-electron chi connectivity index (χ1n) is 11.4. The number of hydrogen-bond acceptors (Lipinski definition) is 4. The van der Waals surface area contributed by atoms with Gasteiger partial charge in [0.15, 0.2) is 0 Å². The van der Waals surface area contributed by atoms with Crippen molar-refractivity contribution < 1.29 is 27.9 Å². The van der Waals surface area contributed by atoms with E-state index in [1.165, 1.54) is 12.1 Å². The van der Waals surface area contributed by atoms with Crippen LogP contribution in [0.2, 0.25) is 0 Å². The molecule has 2 atom stereocenters. The number of fused-ring (bicyclic) bond motifs is 1. The summed E-state index contributed by atoms with van der Waals surface area (Å²) in [4.78, 5) is 29.6. The SMILES string of the molecule is O=C(NCC(=O)N1CC[C@@H]2[C@@H]1CCCN2C1CCC(O)CC1)c1cccc(C(F)(F)F)c1. The number of nitrogens with one attached hydrogen (secondary N) is 1. The molecule has 1 aliphatic carbocycles. The predicted octanol–water partition coefficient (Wildman–Crippen LogP) is 2.80.